The molecule has 3 aromatic rings. The third-order valence-corrected chi connectivity index (χ3v) is 7.10. The molecule has 1 aromatic heterocycles. The Morgan fingerprint density at radius 1 is 1.13 bits per heavy atom. The molecule has 2 saturated heterocycles. The van der Waals surface area contributed by atoms with Crippen LogP contribution in [0, 0.1) is 5.82 Å². The second-order valence-corrected chi connectivity index (χ2v) is 11.4. The van der Waals surface area contributed by atoms with Crippen molar-refractivity contribution in [1.82, 2.24) is 24.6 Å². The molecule has 2 bridgehead atoms. The Morgan fingerprint density at radius 2 is 1.82 bits per heavy atom. The van der Waals surface area contributed by atoms with E-state index in [0.717, 1.165) is 44.5 Å². The molecule has 0 radical (unpaired) electrons. The van der Waals surface area contributed by atoms with E-state index in [0.29, 0.717) is 23.5 Å². The summed E-state index contributed by atoms with van der Waals surface area (Å²) in [6, 6.07) is 12.0. The van der Waals surface area contributed by atoms with Crippen LogP contribution in [0.15, 0.2) is 47.3 Å². The maximum Gasteiger partial charge on any atom is 0.351 e. The standard InChI is InChI=1S/C29H36FN5O4/c1-29(2,3)31-26(36)18-34-27(20-7-12-24(30)25(15-20)38-4)32-35(28(34)37)21-8-5-19(6-9-21)13-14-33-16-22-10-11-23(17-33)39-22/h5-9,12,15,22-23H,10-11,13-14,16-18H2,1-4H3,(H,31,36). The zero-order chi connectivity index (χ0) is 27.7. The number of nitrogens with one attached hydrogen (secondary N) is 1. The van der Waals surface area contributed by atoms with Crippen molar-refractivity contribution >= 4 is 5.91 Å². The first-order valence-electron chi connectivity index (χ1n) is 13.4. The highest BCUT2D eigenvalue weighted by Crippen LogP contribution is 2.27. The number of halogens is 1. The number of fused-ring (bicyclic) bond motifs is 2. The van der Waals surface area contributed by atoms with Crippen LogP contribution in [0.1, 0.15) is 39.2 Å². The van der Waals surface area contributed by atoms with Crippen molar-refractivity contribution in [1.29, 1.82) is 0 Å². The van der Waals surface area contributed by atoms with Crippen molar-refractivity contribution in [2.75, 3.05) is 26.7 Å². The molecular formula is C29H36FN5O4. The number of benzene rings is 2. The quantitative estimate of drug-likeness (QED) is 0.475. The van der Waals surface area contributed by atoms with Gasteiger partial charge in [-0.25, -0.2) is 9.18 Å². The van der Waals surface area contributed by atoms with Crippen molar-refractivity contribution in [3.05, 3.63) is 64.3 Å². The molecule has 2 atom stereocenters. The van der Waals surface area contributed by atoms with Crippen molar-refractivity contribution < 1.29 is 18.7 Å². The van der Waals surface area contributed by atoms with Gasteiger partial charge in [-0.2, -0.15) is 4.68 Å². The molecule has 39 heavy (non-hydrogen) atoms. The van der Waals surface area contributed by atoms with Crippen LogP contribution in [-0.4, -0.2) is 69.6 Å². The fourth-order valence-corrected chi connectivity index (χ4v) is 5.29. The smallest absolute Gasteiger partial charge is 0.351 e. The number of hydrogen-bond donors (Lipinski definition) is 1. The predicted molar refractivity (Wildman–Crippen MR) is 146 cm³/mol. The van der Waals surface area contributed by atoms with Crippen LogP contribution in [0.4, 0.5) is 4.39 Å². The van der Waals surface area contributed by atoms with Gasteiger partial charge < -0.3 is 14.8 Å². The lowest BCUT2D eigenvalue weighted by Crippen LogP contribution is -2.43. The van der Waals surface area contributed by atoms with Gasteiger partial charge in [0.25, 0.3) is 0 Å². The number of nitrogens with zero attached hydrogens (tertiary/aromatic N) is 4. The van der Waals surface area contributed by atoms with E-state index in [-0.39, 0.29) is 24.0 Å². The van der Waals surface area contributed by atoms with E-state index >= 15 is 0 Å². The minimum atomic E-state index is -0.527. The monoisotopic (exact) mass is 537 g/mol. The first kappa shape index (κ1) is 27.1. The fourth-order valence-electron chi connectivity index (χ4n) is 5.29. The fraction of sp³-hybridized carbons (Fsp3) is 0.483. The molecule has 208 valence electrons. The van der Waals surface area contributed by atoms with Gasteiger partial charge >= 0.3 is 5.69 Å². The molecule has 0 spiro atoms. The van der Waals surface area contributed by atoms with Crippen LogP contribution in [0.5, 0.6) is 5.75 Å². The number of rotatable bonds is 8. The Labute approximate surface area is 227 Å². The molecule has 2 aliphatic heterocycles. The van der Waals surface area contributed by atoms with E-state index in [1.165, 1.54) is 34.6 Å². The van der Waals surface area contributed by atoms with Crippen LogP contribution in [0.2, 0.25) is 0 Å². The predicted octanol–water partition coefficient (Wildman–Crippen LogP) is 3.17. The molecule has 2 unspecified atom stereocenters. The number of amides is 1. The molecule has 0 aliphatic carbocycles. The summed E-state index contributed by atoms with van der Waals surface area (Å²) in [7, 11) is 1.37. The Bertz CT molecular complexity index is 1380. The molecule has 10 heteroatoms. The molecule has 0 saturated carbocycles. The van der Waals surface area contributed by atoms with Gasteiger partial charge in [-0.05, 0) is 75.9 Å². The van der Waals surface area contributed by atoms with Gasteiger partial charge in [0.2, 0.25) is 5.91 Å². The van der Waals surface area contributed by atoms with Gasteiger partial charge in [0.15, 0.2) is 17.4 Å². The van der Waals surface area contributed by atoms with Crippen molar-refractivity contribution in [3.63, 3.8) is 0 Å². The summed E-state index contributed by atoms with van der Waals surface area (Å²) >= 11 is 0. The van der Waals surface area contributed by atoms with E-state index in [1.807, 2.05) is 45.0 Å². The van der Waals surface area contributed by atoms with E-state index in [9.17, 15) is 14.0 Å². The number of aromatic nitrogens is 3. The minimum absolute atomic E-state index is 0.0258. The van der Waals surface area contributed by atoms with Crippen LogP contribution in [-0.2, 0) is 22.5 Å². The van der Waals surface area contributed by atoms with Crippen molar-refractivity contribution in [2.45, 2.75) is 64.3 Å². The van der Waals surface area contributed by atoms with Gasteiger partial charge in [-0.1, -0.05) is 12.1 Å². The highest BCUT2D eigenvalue weighted by molar-refractivity contribution is 5.77. The highest BCUT2D eigenvalue weighted by Gasteiger charge is 2.33. The molecule has 2 fully saturated rings. The maximum atomic E-state index is 14.1. The Morgan fingerprint density at radius 3 is 2.46 bits per heavy atom. The average molecular weight is 538 g/mol. The highest BCUT2D eigenvalue weighted by atomic mass is 19.1. The lowest BCUT2D eigenvalue weighted by Gasteiger charge is -2.32. The van der Waals surface area contributed by atoms with E-state index in [2.05, 4.69) is 15.3 Å². The first-order valence-corrected chi connectivity index (χ1v) is 13.4. The summed E-state index contributed by atoms with van der Waals surface area (Å²) in [6.45, 7) is 8.31. The van der Waals surface area contributed by atoms with Crippen LogP contribution in [0.3, 0.4) is 0 Å². The van der Waals surface area contributed by atoms with Crippen LogP contribution >= 0.6 is 0 Å². The lowest BCUT2D eigenvalue weighted by atomic mass is 10.1. The zero-order valence-corrected chi connectivity index (χ0v) is 22.9. The number of carbonyl (C=O) groups excluding carboxylic acids is 1. The lowest BCUT2D eigenvalue weighted by molar-refractivity contribution is -0.123. The Hall–Kier alpha value is -3.50. The third-order valence-electron chi connectivity index (χ3n) is 7.10. The molecule has 1 amide bonds. The minimum Gasteiger partial charge on any atom is -0.494 e. The van der Waals surface area contributed by atoms with Crippen molar-refractivity contribution in [2.24, 2.45) is 0 Å². The zero-order valence-electron chi connectivity index (χ0n) is 22.9. The Kier molecular flexibility index (Phi) is 7.59. The second kappa shape index (κ2) is 10.9. The van der Waals surface area contributed by atoms with E-state index in [4.69, 9.17) is 9.47 Å². The number of methoxy groups -OCH3 is 1. The van der Waals surface area contributed by atoms with Crippen LogP contribution < -0.4 is 15.7 Å². The van der Waals surface area contributed by atoms with Gasteiger partial charge in [0, 0.05) is 30.7 Å². The molecule has 1 N–H and O–H groups in total. The SMILES string of the molecule is COc1cc(-c2nn(-c3ccc(CCN4CC5CCC(C4)O5)cc3)c(=O)n2CC(=O)NC(C)(C)C)ccc1F. The summed E-state index contributed by atoms with van der Waals surface area (Å²) in [5, 5.41) is 7.44. The van der Waals surface area contributed by atoms with E-state index < -0.39 is 17.0 Å². The summed E-state index contributed by atoms with van der Waals surface area (Å²) in [5.74, 6) is -0.585. The summed E-state index contributed by atoms with van der Waals surface area (Å²) in [5.41, 5.74) is 1.28. The molecule has 2 aromatic carbocycles. The topological polar surface area (TPSA) is 90.6 Å². The largest absolute Gasteiger partial charge is 0.494 e. The number of likely N-dealkylation sites (tertiary alicyclic amines) is 1. The normalized spacial score (nSPS) is 19.3. The number of morpholine rings is 1. The van der Waals surface area contributed by atoms with Crippen molar-refractivity contribution in [3.8, 4) is 22.8 Å². The van der Waals surface area contributed by atoms with Gasteiger partial charge in [0.1, 0.15) is 6.54 Å². The first-order chi connectivity index (χ1) is 18.6. The van der Waals surface area contributed by atoms with Gasteiger partial charge in [0.05, 0.1) is 25.0 Å². The summed E-state index contributed by atoms with van der Waals surface area (Å²) < 4.78 is 27.7. The van der Waals surface area contributed by atoms with Crippen LogP contribution in [0.25, 0.3) is 17.1 Å². The number of hydrogen-bond acceptors (Lipinski definition) is 6. The average Bonchev–Trinajstić information content (AvgIpc) is 3.40. The number of ether oxygens (including phenoxy) is 2. The maximum absolute atomic E-state index is 14.1. The molecule has 5 rings (SSSR count). The van der Waals surface area contributed by atoms with E-state index in [1.54, 1.807) is 0 Å². The second-order valence-electron chi connectivity index (χ2n) is 11.4. The Balaban J connectivity index is 1.40. The van der Waals surface area contributed by atoms with Gasteiger partial charge in [-0.15, -0.1) is 5.10 Å². The molecule has 3 heterocycles. The summed E-state index contributed by atoms with van der Waals surface area (Å²) in [4.78, 5) is 28.8. The number of carbonyl (C=O) groups is 1. The molecule has 2 aliphatic rings. The summed E-state index contributed by atoms with van der Waals surface area (Å²) in [6.07, 6.45) is 3.95. The molecule has 9 nitrogen and oxygen atoms in total. The van der Waals surface area contributed by atoms with Gasteiger partial charge in [-0.3, -0.25) is 14.3 Å². The third kappa shape index (κ3) is 6.23. The molecular weight excluding hydrogens is 501 g/mol.